The molecule has 0 N–H and O–H groups in total. The molecule has 0 radical (unpaired) electrons. The normalized spacial score (nSPS) is 13.2. The highest BCUT2D eigenvalue weighted by molar-refractivity contribution is 6.28. The zero-order valence-corrected chi connectivity index (χ0v) is 7.95. The van der Waals surface area contributed by atoms with E-state index in [2.05, 4.69) is 10.2 Å². The first-order valence-electron chi connectivity index (χ1n) is 3.79. The molecule has 4 nitrogen and oxygen atoms in total. The molecule has 1 rings (SSSR count). The van der Waals surface area contributed by atoms with Crippen molar-refractivity contribution in [2.45, 2.75) is 19.4 Å². The first-order chi connectivity index (χ1) is 5.75. The van der Waals surface area contributed by atoms with Crippen molar-refractivity contribution < 1.29 is 4.74 Å². The van der Waals surface area contributed by atoms with Gasteiger partial charge in [-0.1, -0.05) is 0 Å². The molecular formula is C7H12ClN3O. The summed E-state index contributed by atoms with van der Waals surface area (Å²) in [6, 6.07) is 0.285. The summed E-state index contributed by atoms with van der Waals surface area (Å²) in [6.07, 6.45) is 2.54. The fourth-order valence-electron chi connectivity index (χ4n) is 0.952. The Hall–Kier alpha value is -0.610. The highest BCUT2D eigenvalue weighted by atomic mass is 35.5. The maximum atomic E-state index is 5.76. The van der Waals surface area contributed by atoms with E-state index in [1.54, 1.807) is 13.4 Å². The van der Waals surface area contributed by atoms with Crippen LogP contribution in [0.3, 0.4) is 0 Å². The van der Waals surface area contributed by atoms with Crippen molar-refractivity contribution in [2.75, 3.05) is 13.7 Å². The monoisotopic (exact) mass is 189 g/mol. The van der Waals surface area contributed by atoms with Crippen LogP contribution in [-0.2, 0) is 4.74 Å². The predicted molar refractivity (Wildman–Crippen MR) is 46.2 cm³/mol. The third-order valence-electron chi connectivity index (χ3n) is 1.74. The summed E-state index contributed by atoms with van der Waals surface area (Å²) in [5.41, 5.74) is 0. The Bertz CT molecular complexity index is 238. The van der Waals surface area contributed by atoms with Crippen LogP contribution < -0.4 is 0 Å². The summed E-state index contributed by atoms with van der Waals surface area (Å²) in [5, 5.41) is 7.80. The Morgan fingerprint density at radius 2 is 2.50 bits per heavy atom. The third-order valence-corrected chi connectivity index (χ3v) is 2.01. The van der Waals surface area contributed by atoms with Crippen LogP contribution in [-0.4, -0.2) is 28.5 Å². The second-order valence-electron chi connectivity index (χ2n) is 2.64. The molecule has 68 valence electrons. The summed E-state index contributed by atoms with van der Waals surface area (Å²) >= 11 is 5.76. The van der Waals surface area contributed by atoms with Crippen LogP contribution in [0.25, 0.3) is 0 Å². The van der Waals surface area contributed by atoms with Gasteiger partial charge in [0.15, 0.2) is 0 Å². The molecule has 1 aromatic heterocycles. The molecule has 0 amide bonds. The van der Waals surface area contributed by atoms with E-state index < -0.39 is 0 Å². The van der Waals surface area contributed by atoms with E-state index in [-0.39, 0.29) is 6.04 Å². The first kappa shape index (κ1) is 9.48. The summed E-state index contributed by atoms with van der Waals surface area (Å²) in [7, 11) is 1.68. The molecule has 0 fully saturated rings. The standard InChI is InChI=1S/C7H12ClN3O/c1-6(3-4-12-2)11-5-9-10-7(11)8/h5-6H,3-4H2,1-2H3. The van der Waals surface area contributed by atoms with Crippen molar-refractivity contribution in [3.8, 4) is 0 Å². The van der Waals surface area contributed by atoms with Gasteiger partial charge >= 0.3 is 0 Å². The lowest BCUT2D eigenvalue weighted by Crippen LogP contribution is -2.06. The minimum absolute atomic E-state index is 0.285. The van der Waals surface area contributed by atoms with Crippen molar-refractivity contribution in [2.24, 2.45) is 0 Å². The molecule has 0 saturated heterocycles. The Kier molecular flexibility index (Phi) is 3.49. The lowest BCUT2D eigenvalue weighted by molar-refractivity contribution is 0.181. The Morgan fingerprint density at radius 3 is 3.00 bits per heavy atom. The van der Waals surface area contributed by atoms with Gasteiger partial charge < -0.3 is 9.30 Å². The minimum Gasteiger partial charge on any atom is -0.385 e. The fraction of sp³-hybridized carbons (Fsp3) is 0.714. The zero-order valence-electron chi connectivity index (χ0n) is 7.20. The smallest absolute Gasteiger partial charge is 0.225 e. The maximum absolute atomic E-state index is 5.76. The summed E-state index contributed by atoms with van der Waals surface area (Å²) in [4.78, 5) is 0. The fourth-order valence-corrected chi connectivity index (χ4v) is 1.21. The van der Waals surface area contributed by atoms with Gasteiger partial charge in [0.25, 0.3) is 0 Å². The number of halogens is 1. The largest absolute Gasteiger partial charge is 0.385 e. The number of nitrogens with zero attached hydrogens (tertiary/aromatic N) is 3. The van der Waals surface area contributed by atoms with E-state index in [0.717, 1.165) is 13.0 Å². The van der Waals surface area contributed by atoms with Crippen molar-refractivity contribution in [3.63, 3.8) is 0 Å². The van der Waals surface area contributed by atoms with E-state index in [1.807, 2.05) is 11.5 Å². The average Bonchev–Trinajstić information content (AvgIpc) is 2.47. The summed E-state index contributed by atoms with van der Waals surface area (Å²) in [6.45, 7) is 2.77. The van der Waals surface area contributed by atoms with E-state index in [0.29, 0.717) is 5.28 Å². The van der Waals surface area contributed by atoms with E-state index in [9.17, 15) is 0 Å². The van der Waals surface area contributed by atoms with Gasteiger partial charge in [0.05, 0.1) is 0 Å². The van der Waals surface area contributed by atoms with Crippen molar-refractivity contribution in [3.05, 3.63) is 11.6 Å². The highest BCUT2D eigenvalue weighted by Crippen LogP contribution is 2.14. The van der Waals surface area contributed by atoms with Gasteiger partial charge in [0.2, 0.25) is 5.28 Å². The Balaban J connectivity index is 2.52. The van der Waals surface area contributed by atoms with Crippen LogP contribution in [0.2, 0.25) is 5.28 Å². The van der Waals surface area contributed by atoms with Crippen LogP contribution in [0.1, 0.15) is 19.4 Å². The lowest BCUT2D eigenvalue weighted by atomic mass is 10.2. The zero-order chi connectivity index (χ0) is 8.97. The van der Waals surface area contributed by atoms with Crippen molar-refractivity contribution in [1.29, 1.82) is 0 Å². The lowest BCUT2D eigenvalue weighted by Gasteiger charge is -2.11. The van der Waals surface area contributed by atoms with Crippen molar-refractivity contribution in [1.82, 2.24) is 14.8 Å². The SMILES string of the molecule is COCCC(C)n1cnnc1Cl. The molecule has 0 aromatic carbocycles. The van der Waals surface area contributed by atoms with Crippen LogP contribution >= 0.6 is 11.6 Å². The number of aromatic nitrogens is 3. The Morgan fingerprint density at radius 1 is 1.75 bits per heavy atom. The van der Waals surface area contributed by atoms with Crippen LogP contribution in [0, 0.1) is 0 Å². The molecule has 0 aliphatic carbocycles. The van der Waals surface area contributed by atoms with Gasteiger partial charge in [-0.15, -0.1) is 10.2 Å². The van der Waals surface area contributed by atoms with Crippen LogP contribution in [0.5, 0.6) is 0 Å². The van der Waals surface area contributed by atoms with Crippen LogP contribution in [0.15, 0.2) is 6.33 Å². The number of hydrogen-bond acceptors (Lipinski definition) is 3. The van der Waals surface area contributed by atoms with E-state index in [4.69, 9.17) is 16.3 Å². The molecule has 1 atom stereocenters. The van der Waals surface area contributed by atoms with Crippen LogP contribution in [0.4, 0.5) is 0 Å². The van der Waals surface area contributed by atoms with E-state index >= 15 is 0 Å². The molecule has 1 unspecified atom stereocenters. The first-order valence-corrected chi connectivity index (χ1v) is 4.17. The second kappa shape index (κ2) is 4.42. The molecule has 1 aromatic rings. The van der Waals surface area contributed by atoms with Gasteiger partial charge in [-0.05, 0) is 24.9 Å². The van der Waals surface area contributed by atoms with Gasteiger partial charge in [-0.2, -0.15) is 0 Å². The molecule has 0 saturated carbocycles. The van der Waals surface area contributed by atoms with Gasteiger partial charge in [0, 0.05) is 19.8 Å². The molecule has 5 heteroatoms. The molecule has 0 bridgehead atoms. The van der Waals surface area contributed by atoms with Crippen molar-refractivity contribution >= 4 is 11.6 Å². The molecule has 0 aliphatic heterocycles. The topological polar surface area (TPSA) is 39.9 Å². The van der Waals surface area contributed by atoms with Gasteiger partial charge in [-0.25, -0.2) is 0 Å². The number of rotatable bonds is 4. The molecule has 12 heavy (non-hydrogen) atoms. The third kappa shape index (κ3) is 2.19. The predicted octanol–water partition coefficient (Wildman–Crippen LogP) is 1.53. The number of ether oxygens (including phenoxy) is 1. The summed E-state index contributed by atoms with van der Waals surface area (Å²) in [5.74, 6) is 0. The van der Waals surface area contributed by atoms with E-state index in [1.165, 1.54) is 0 Å². The quantitative estimate of drug-likeness (QED) is 0.721. The second-order valence-corrected chi connectivity index (χ2v) is 2.98. The number of methoxy groups -OCH3 is 1. The average molecular weight is 190 g/mol. The molecule has 1 heterocycles. The van der Waals surface area contributed by atoms with Gasteiger partial charge in [0.1, 0.15) is 6.33 Å². The molecule has 0 spiro atoms. The number of hydrogen-bond donors (Lipinski definition) is 0. The van der Waals surface area contributed by atoms with Gasteiger partial charge in [-0.3, -0.25) is 0 Å². The minimum atomic E-state index is 0.285. The molecular weight excluding hydrogens is 178 g/mol. The molecule has 0 aliphatic rings. The Labute approximate surface area is 76.5 Å². The maximum Gasteiger partial charge on any atom is 0.225 e. The summed E-state index contributed by atoms with van der Waals surface area (Å²) < 4.78 is 6.77. The highest BCUT2D eigenvalue weighted by Gasteiger charge is 2.07.